The van der Waals surface area contributed by atoms with Crippen molar-refractivity contribution in [2.24, 2.45) is 0 Å². The van der Waals surface area contributed by atoms with E-state index in [0.717, 1.165) is 6.42 Å². The summed E-state index contributed by atoms with van der Waals surface area (Å²) in [5.74, 6) is 0.586. The molecule has 0 amide bonds. The third-order valence-electron chi connectivity index (χ3n) is 2.62. The molecule has 0 aliphatic carbocycles. The average molecular weight is 238 g/mol. The van der Waals surface area contributed by atoms with Gasteiger partial charge in [-0.15, -0.1) is 0 Å². The van der Waals surface area contributed by atoms with Gasteiger partial charge in [0.05, 0.1) is 12.2 Å². The highest BCUT2D eigenvalue weighted by Crippen LogP contribution is 2.20. The van der Waals surface area contributed by atoms with Crippen molar-refractivity contribution in [2.45, 2.75) is 6.42 Å². The van der Waals surface area contributed by atoms with Gasteiger partial charge in [0.2, 0.25) is 0 Å². The molecule has 18 heavy (non-hydrogen) atoms. The summed E-state index contributed by atoms with van der Waals surface area (Å²) in [6.07, 6.45) is 0.816. The SMILES string of the molecule is N#Cc1cc(N)ccc1OCCc1ccccc1. The van der Waals surface area contributed by atoms with Crippen LogP contribution >= 0.6 is 0 Å². The molecule has 90 valence electrons. The second-order valence-corrected chi connectivity index (χ2v) is 3.95. The minimum absolute atomic E-state index is 0.475. The summed E-state index contributed by atoms with van der Waals surface area (Å²) >= 11 is 0. The van der Waals surface area contributed by atoms with Gasteiger partial charge in [0.25, 0.3) is 0 Å². The van der Waals surface area contributed by atoms with Gasteiger partial charge in [-0.1, -0.05) is 30.3 Å². The van der Waals surface area contributed by atoms with E-state index in [-0.39, 0.29) is 0 Å². The van der Waals surface area contributed by atoms with Gasteiger partial charge in [0.15, 0.2) is 0 Å². The number of nitrogens with two attached hydrogens (primary N) is 1. The van der Waals surface area contributed by atoms with Crippen LogP contribution in [0.2, 0.25) is 0 Å². The van der Waals surface area contributed by atoms with Crippen LogP contribution in [0.3, 0.4) is 0 Å². The Hall–Kier alpha value is -2.47. The van der Waals surface area contributed by atoms with Crippen LogP contribution in [0.4, 0.5) is 5.69 Å². The number of nitrogens with zero attached hydrogens (tertiary/aromatic N) is 1. The zero-order chi connectivity index (χ0) is 12.8. The van der Waals surface area contributed by atoms with E-state index in [1.54, 1.807) is 18.2 Å². The van der Waals surface area contributed by atoms with Crippen LogP contribution in [-0.2, 0) is 6.42 Å². The van der Waals surface area contributed by atoms with E-state index in [2.05, 4.69) is 18.2 Å². The summed E-state index contributed by atoms with van der Waals surface area (Å²) in [7, 11) is 0. The number of ether oxygens (including phenoxy) is 1. The molecular weight excluding hydrogens is 224 g/mol. The minimum atomic E-state index is 0.475. The Labute approximate surface area is 106 Å². The molecule has 0 saturated carbocycles. The second-order valence-electron chi connectivity index (χ2n) is 3.95. The number of anilines is 1. The minimum Gasteiger partial charge on any atom is -0.492 e. The van der Waals surface area contributed by atoms with E-state index in [1.807, 2.05) is 18.2 Å². The fourth-order valence-electron chi connectivity index (χ4n) is 1.68. The lowest BCUT2D eigenvalue weighted by Gasteiger charge is -2.08. The van der Waals surface area contributed by atoms with Gasteiger partial charge in [0, 0.05) is 12.1 Å². The van der Waals surface area contributed by atoms with Gasteiger partial charge >= 0.3 is 0 Å². The predicted octanol–water partition coefficient (Wildman–Crippen LogP) is 2.76. The lowest BCUT2D eigenvalue weighted by Crippen LogP contribution is -2.02. The molecule has 2 N–H and O–H groups in total. The number of nitrogen functional groups attached to an aromatic ring is 1. The van der Waals surface area contributed by atoms with E-state index < -0.39 is 0 Å². The standard InChI is InChI=1S/C15H14N2O/c16-11-13-10-14(17)6-7-15(13)18-9-8-12-4-2-1-3-5-12/h1-7,10H,8-9,17H2. The first-order valence-electron chi connectivity index (χ1n) is 5.76. The molecule has 2 aromatic carbocycles. The molecule has 0 radical (unpaired) electrons. The highest BCUT2D eigenvalue weighted by molar-refractivity contribution is 5.53. The molecule has 0 spiro atoms. The van der Waals surface area contributed by atoms with Crippen LogP contribution in [-0.4, -0.2) is 6.61 Å². The Bertz CT molecular complexity index is 558. The van der Waals surface area contributed by atoms with Crippen molar-refractivity contribution in [1.82, 2.24) is 0 Å². The third-order valence-corrected chi connectivity index (χ3v) is 2.62. The van der Waals surface area contributed by atoms with Crippen molar-refractivity contribution >= 4 is 5.69 Å². The third kappa shape index (κ3) is 3.02. The number of benzene rings is 2. The monoisotopic (exact) mass is 238 g/mol. The van der Waals surface area contributed by atoms with E-state index in [9.17, 15) is 0 Å². The van der Waals surface area contributed by atoms with Crippen LogP contribution in [0, 0.1) is 11.3 Å². The summed E-state index contributed by atoms with van der Waals surface area (Å²) in [6.45, 7) is 0.544. The molecule has 0 saturated heterocycles. The highest BCUT2D eigenvalue weighted by atomic mass is 16.5. The van der Waals surface area contributed by atoms with Crippen molar-refractivity contribution < 1.29 is 4.74 Å². The Balaban J connectivity index is 1.97. The van der Waals surface area contributed by atoms with Gasteiger partial charge in [-0.25, -0.2) is 0 Å². The lowest BCUT2D eigenvalue weighted by atomic mass is 10.1. The first-order chi connectivity index (χ1) is 8.79. The van der Waals surface area contributed by atoms with Crippen molar-refractivity contribution in [3.8, 4) is 11.8 Å². The van der Waals surface area contributed by atoms with Crippen molar-refractivity contribution in [2.75, 3.05) is 12.3 Å². The molecule has 0 aliphatic heterocycles. The average Bonchev–Trinajstić information content (AvgIpc) is 2.41. The Kier molecular flexibility index (Phi) is 3.83. The molecule has 3 heteroatoms. The largest absolute Gasteiger partial charge is 0.492 e. The van der Waals surface area contributed by atoms with Crippen LogP contribution in [0.1, 0.15) is 11.1 Å². The van der Waals surface area contributed by atoms with Gasteiger partial charge in [0.1, 0.15) is 11.8 Å². The van der Waals surface area contributed by atoms with Gasteiger partial charge < -0.3 is 10.5 Å². The maximum atomic E-state index is 8.97. The van der Waals surface area contributed by atoms with Gasteiger partial charge in [-0.3, -0.25) is 0 Å². The normalized spacial score (nSPS) is 9.72. The molecule has 0 bridgehead atoms. The summed E-state index contributed by atoms with van der Waals surface area (Å²) in [4.78, 5) is 0. The molecule has 0 atom stereocenters. The summed E-state index contributed by atoms with van der Waals surface area (Å²) in [5.41, 5.74) is 7.88. The molecule has 3 nitrogen and oxygen atoms in total. The molecule has 0 fully saturated rings. The van der Waals surface area contributed by atoms with E-state index in [4.69, 9.17) is 15.7 Å². The first-order valence-corrected chi connectivity index (χ1v) is 5.76. The molecular formula is C15H14N2O. The maximum Gasteiger partial charge on any atom is 0.137 e. The second kappa shape index (κ2) is 5.74. The smallest absolute Gasteiger partial charge is 0.137 e. The molecule has 0 aromatic heterocycles. The van der Waals surface area contributed by atoms with Crippen molar-refractivity contribution in [3.63, 3.8) is 0 Å². The Morgan fingerprint density at radius 1 is 1.11 bits per heavy atom. The Morgan fingerprint density at radius 2 is 1.89 bits per heavy atom. The fraction of sp³-hybridized carbons (Fsp3) is 0.133. The summed E-state index contributed by atoms with van der Waals surface area (Å²) < 4.78 is 5.61. The van der Waals surface area contributed by atoms with Gasteiger partial charge in [-0.05, 0) is 23.8 Å². The zero-order valence-electron chi connectivity index (χ0n) is 9.97. The van der Waals surface area contributed by atoms with E-state index in [1.165, 1.54) is 5.56 Å². The zero-order valence-corrected chi connectivity index (χ0v) is 9.97. The Morgan fingerprint density at radius 3 is 2.61 bits per heavy atom. The summed E-state index contributed by atoms with van der Waals surface area (Å²) in [6, 6.07) is 17.3. The van der Waals surface area contributed by atoms with Crippen LogP contribution in [0.15, 0.2) is 48.5 Å². The first kappa shape index (κ1) is 12.0. The van der Waals surface area contributed by atoms with Crippen LogP contribution in [0.5, 0.6) is 5.75 Å². The molecule has 0 heterocycles. The quantitative estimate of drug-likeness (QED) is 0.833. The van der Waals surface area contributed by atoms with Crippen molar-refractivity contribution in [1.29, 1.82) is 5.26 Å². The van der Waals surface area contributed by atoms with E-state index in [0.29, 0.717) is 23.6 Å². The van der Waals surface area contributed by atoms with E-state index >= 15 is 0 Å². The number of hydrogen-bond acceptors (Lipinski definition) is 3. The number of nitriles is 1. The molecule has 2 rings (SSSR count). The predicted molar refractivity (Wildman–Crippen MR) is 71.2 cm³/mol. The number of rotatable bonds is 4. The molecule has 2 aromatic rings. The fourth-order valence-corrected chi connectivity index (χ4v) is 1.68. The number of hydrogen-bond donors (Lipinski definition) is 1. The topological polar surface area (TPSA) is 59.0 Å². The molecule has 0 aliphatic rings. The summed E-state index contributed by atoms with van der Waals surface area (Å²) in [5, 5.41) is 8.97. The van der Waals surface area contributed by atoms with Crippen molar-refractivity contribution in [3.05, 3.63) is 59.7 Å². The van der Waals surface area contributed by atoms with Gasteiger partial charge in [-0.2, -0.15) is 5.26 Å². The van der Waals surface area contributed by atoms with Crippen LogP contribution in [0.25, 0.3) is 0 Å². The highest BCUT2D eigenvalue weighted by Gasteiger charge is 2.03. The molecule has 0 unspecified atom stereocenters. The van der Waals surface area contributed by atoms with Crippen LogP contribution < -0.4 is 10.5 Å². The maximum absolute atomic E-state index is 8.97. The lowest BCUT2D eigenvalue weighted by molar-refractivity contribution is 0.321.